The first-order valence-electron chi connectivity index (χ1n) is 5.42. The molecule has 1 unspecified atom stereocenters. The summed E-state index contributed by atoms with van der Waals surface area (Å²) in [5.41, 5.74) is 0. The van der Waals surface area contributed by atoms with Crippen molar-refractivity contribution in [2.75, 3.05) is 32.3 Å². The predicted molar refractivity (Wildman–Crippen MR) is 62.9 cm³/mol. The minimum absolute atomic E-state index is 0.262. The first kappa shape index (κ1) is 14.9. The molecule has 0 aromatic heterocycles. The monoisotopic (exact) mass is 237 g/mol. The SMILES string of the molecule is CCCOCC(CCCS(C)(=O)=O)NC. The van der Waals surface area contributed by atoms with Gasteiger partial charge in [0.05, 0.1) is 6.61 Å². The van der Waals surface area contributed by atoms with Crippen LogP contribution in [0.2, 0.25) is 0 Å². The van der Waals surface area contributed by atoms with Gasteiger partial charge < -0.3 is 10.1 Å². The summed E-state index contributed by atoms with van der Waals surface area (Å²) in [4.78, 5) is 0. The Kier molecular flexibility index (Phi) is 8.00. The van der Waals surface area contributed by atoms with E-state index in [1.54, 1.807) is 0 Å². The van der Waals surface area contributed by atoms with Gasteiger partial charge in [0.15, 0.2) is 0 Å². The molecule has 4 nitrogen and oxygen atoms in total. The van der Waals surface area contributed by atoms with Gasteiger partial charge in [0, 0.05) is 24.7 Å². The lowest BCUT2D eigenvalue weighted by Crippen LogP contribution is -2.31. The fraction of sp³-hybridized carbons (Fsp3) is 1.00. The van der Waals surface area contributed by atoms with Crippen LogP contribution in [0.15, 0.2) is 0 Å². The Labute approximate surface area is 93.3 Å². The fourth-order valence-electron chi connectivity index (χ4n) is 1.27. The van der Waals surface area contributed by atoms with Crippen LogP contribution in [-0.2, 0) is 14.6 Å². The molecule has 92 valence electrons. The molecular formula is C10H23NO3S. The molecule has 0 bridgehead atoms. The largest absolute Gasteiger partial charge is 0.380 e. The molecule has 0 radical (unpaired) electrons. The number of hydrogen-bond donors (Lipinski definition) is 1. The molecule has 0 amide bonds. The molecular weight excluding hydrogens is 214 g/mol. The first-order chi connectivity index (χ1) is 6.99. The maximum Gasteiger partial charge on any atom is 0.147 e. The predicted octanol–water partition coefficient (Wildman–Crippen LogP) is 0.826. The molecule has 0 saturated carbocycles. The highest BCUT2D eigenvalue weighted by Gasteiger charge is 2.08. The smallest absolute Gasteiger partial charge is 0.147 e. The minimum atomic E-state index is -2.82. The summed E-state index contributed by atoms with van der Waals surface area (Å²) in [5, 5.41) is 3.13. The van der Waals surface area contributed by atoms with Crippen LogP contribution >= 0.6 is 0 Å². The van der Waals surface area contributed by atoms with Gasteiger partial charge in [0.25, 0.3) is 0 Å². The highest BCUT2D eigenvalue weighted by Crippen LogP contribution is 2.00. The second-order valence-corrected chi connectivity index (χ2v) is 6.09. The van der Waals surface area contributed by atoms with Gasteiger partial charge in [-0.05, 0) is 26.3 Å². The van der Waals surface area contributed by atoms with Crippen LogP contribution in [0.1, 0.15) is 26.2 Å². The van der Waals surface area contributed by atoms with Gasteiger partial charge in [-0.2, -0.15) is 0 Å². The molecule has 0 rings (SSSR count). The van der Waals surface area contributed by atoms with Crippen molar-refractivity contribution in [3.63, 3.8) is 0 Å². The average molecular weight is 237 g/mol. The molecule has 15 heavy (non-hydrogen) atoms. The maximum atomic E-state index is 10.9. The molecule has 1 N–H and O–H groups in total. The van der Waals surface area contributed by atoms with Crippen LogP contribution in [0.5, 0.6) is 0 Å². The summed E-state index contributed by atoms with van der Waals surface area (Å²) < 4.78 is 27.2. The molecule has 0 saturated heterocycles. The van der Waals surface area contributed by atoms with Crippen LogP contribution < -0.4 is 5.32 Å². The number of nitrogens with one attached hydrogen (secondary N) is 1. The number of likely N-dealkylation sites (N-methyl/N-ethyl adjacent to an activating group) is 1. The molecule has 0 aromatic rings. The summed E-state index contributed by atoms with van der Waals surface area (Å²) in [7, 11) is -0.946. The molecule has 0 aliphatic rings. The van der Waals surface area contributed by atoms with Crippen LogP contribution in [0.25, 0.3) is 0 Å². The van der Waals surface area contributed by atoms with Crippen LogP contribution in [-0.4, -0.2) is 46.7 Å². The Morgan fingerprint density at radius 1 is 1.40 bits per heavy atom. The van der Waals surface area contributed by atoms with E-state index in [1.165, 1.54) is 6.26 Å². The Hall–Kier alpha value is -0.130. The van der Waals surface area contributed by atoms with E-state index in [-0.39, 0.29) is 11.8 Å². The Morgan fingerprint density at radius 3 is 2.53 bits per heavy atom. The van der Waals surface area contributed by atoms with Crippen molar-refractivity contribution in [1.29, 1.82) is 0 Å². The summed E-state index contributed by atoms with van der Waals surface area (Å²) in [6.45, 7) is 3.50. The second kappa shape index (κ2) is 8.07. The van der Waals surface area contributed by atoms with Crippen molar-refractivity contribution in [3.05, 3.63) is 0 Å². The molecule has 0 aliphatic carbocycles. The van der Waals surface area contributed by atoms with E-state index >= 15 is 0 Å². The van der Waals surface area contributed by atoms with Crippen molar-refractivity contribution in [2.24, 2.45) is 0 Å². The average Bonchev–Trinajstić information content (AvgIpc) is 2.14. The van der Waals surface area contributed by atoms with Gasteiger partial charge in [0.1, 0.15) is 9.84 Å². The summed E-state index contributed by atoms with van der Waals surface area (Å²) in [6.07, 6.45) is 3.82. The molecule has 1 atom stereocenters. The maximum absolute atomic E-state index is 10.9. The van der Waals surface area contributed by atoms with E-state index in [2.05, 4.69) is 12.2 Å². The number of hydrogen-bond acceptors (Lipinski definition) is 4. The standard InChI is InChI=1S/C10H23NO3S/c1-4-7-14-9-10(11-2)6-5-8-15(3,12)13/h10-11H,4-9H2,1-3H3. The molecule has 0 heterocycles. The molecule has 0 aliphatic heterocycles. The van der Waals surface area contributed by atoms with Crippen molar-refractivity contribution in [1.82, 2.24) is 5.32 Å². The van der Waals surface area contributed by atoms with Crippen molar-refractivity contribution >= 4 is 9.84 Å². The van der Waals surface area contributed by atoms with Crippen LogP contribution in [0.4, 0.5) is 0 Å². The van der Waals surface area contributed by atoms with Gasteiger partial charge in [0.2, 0.25) is 0 Å². The topological polar surface area (TPSA) is 55.4 Å². The Morgan fingerprint density at radius 2 is 2.07 bits per heavy atom. The van der Waals surface area contributed by atoms with Crippen LogP contribution in [0.3, 0.4) is 0 Å². The van der Waals surface area contributed by atoms with E-state index in [0.29, 0.717) is 13.0 Å². The lowest BCUT2D eigenvalue weighted by atomic mass is 10.2. The summed E-state index contributed by atoms with van der Waals surface area (Å²) >= 11 is 0. The summed E-state index contributed by atoms with van der Waals surface area (Å²) in [5.74, 6) is 0.263. The zero-order valence-corrected chi connectivity index (χ0v) is 10.8. The Bertz CT molecular complexity index is 239. The van der Waals surface area contributed by atoms with E-state index in [9.17, 15) is 8.42 Å². The lowest BCUT2D eigenvalue weighted by Gasteiger charge is -2.15. The number of ether oxygens (including phenoxy) is 1. The Balaban J connectivity index is 3.61. The van der Waals surface area contributed by atoms with Gasteiger partial charge in [-0.3, -0.25) is 0 Å². The third-order valence-corrected chi connectivity index (χ3v) is 3.17. The van der Waals surface area contributed by atoms with Gasteiger partial charge in [-0.1, -0.05) is 6.92 Å². The molecule has 0 spiro atoms. The van der Waals surface area contributed by atoms with Crippen molar-refractivity contribution in [3.8, 4) is 0 Å². The van der Waals surface area contributed by atoms with Gasteiger partial charge >= 0.3 is 0 Å². The van der Waals surface area contributed by atoms with Gasteiger partial charge in [-0.15, -0.1) is 0 Å². The van der Waals surface area contributed by atoms with E-state index in [4.69, 9.17) is 4.74 Å². The first-order valence-corrected chi connectivity index (χ1v) is 7.48. The zero-order chi connectivity index (χ0) is 11.7. The van der Waals surface area contributed by atoms with E-state index in [1.807, 2.05) is 7.05 Å². The highest BCUT2D eigenvalue weighted by molar-refractivity contribution is 7.90. The number of rotatable bonds is 9. The normalized spacial score (nSPS) is 14.1. The fourth-order valence-corrected chi connectivity index (χ4v) is 1.96. The van der Waals surface area contributed by atoms with Crippen molar-refractivity contribution in [2.45, 2.75) is 32.2 Å². The van der Waals surface area contributed by atoms with E-state index < -0.39 is 9.84 Å². The van der Waals surface area contributed by atoms with Crippen molar-refractivity contribution < 1.29 is 13.2 Å². The number of sulfone groups is 1. The lowest BCUT2D eigenvalue weighted by molar-refractivity contribution is 0.111. The molecule has 5 heteroatoms. The van der Waals surface area contributed by atoms with Gasteiger partial charge in [-0.25, -0.2) is 8.42 Å². The molecule has 0 fully saturated rings. The zero-order valence-electron chi connectivity index (χ0n) is 9.95. The molecule has 0 aromatic carbocycles. The quantitative estimate of drug-likeness (QED) is 0.603. The highest BCUT2D eigenvalue weighted by atomic mass is 32.2. The van der Waals surface area contributed by atoms with Crippen LogP contribution in [0, 0.1) is 0 Å². The third kappa shape index (κ3) is 10.2. The van der Waals surface area contributed by atoms with E-state index in [0.717, 1.165) is 19.4 Å². The third-order valence-electron chi connectivity index (χ3n) is 2.14. The summed E-state index contributed by atoms with van der Waals surface area (Å²) in [6, 6.07) is 0.262. The second-order valence-electron chi connectivity index (χ2n) is 3.83. The minimum Gasteiger partial charge on any atom is -0.380 e.